The number of benzene rings is 2. The molecule has 0 aromatic heterocycles. The molecule has 0 spiro atoms. The van der Waals surface area contributed by atoms with E-state index in [2.05, 4.69) is 5.32 Å². The largest absolute Gasteiger partial charge is 0.398 e. The molecule has 19 heavy (non-hydrogen) atoms. The molecule has 0 bridgehead atoms. The summed E-state index contributed by atoms with van der Waals surface area (Å²) in [5, 5.41) is 3.09. The van der Waals surface area contributed by atoms with Gasteiger partial charge in [0.05, 0.1) is 10.7 Å². The number of anilines is 2. The number of amides is 1. The van der Waals surface area contributed by atoms with E-state index in [4.69, 9.17) is 28.9 Å². The summed E-state index contributed by atoms with van der Waals surface area (Å²) < 4.78 is 13.1. The predicted molar refractivity (Wildman–Crippen MR) is 75.2 cm³/mol. The van der Waals surface area contributed by atoms with Crippen molar-refractivity contribution in [1.82, 2.24) is 0 Å². The maximum Gasteiger partial charge on any atom is 0.255 e. The van der Waals surface area contributed by atoms with E-state index in [0.29, 0.717) is 16.3 Å². The van der Waals surface area contributed by atoms with Crippen LogP contribution in [0.5, 0.6) is 0 Å². The van der Waals surface area contributed by atoms with Crippen LogP contribution in [0.25, 0.3) is 0 Å². The number of nitrogen functional groups attached to an aromatic ring is 1. The smallest absolute Gasteiger partial charge is 0.255 e. The fourth-order valence-corrected chi connectivity index (χ4v) is 1.85. The number of hydrogen-bond donors (Lipinski definition) is 2. The molecular weight excluding hydrogens is 290 g/mol. The molecule has 0 atom stereocenters. The van der Waals surface area contributed by atoms with E-state index in [9.17, 15) is 9.18 Å². The highest BCUT2D eigenvalue weighted by Gasteiger charge is 2.09. The van der Waals surface area contributed by atoms with Crippen molar-refractivity contribution in [2.24, 2.45) is 0 Å². The Morgan fingerprint density at radius 3 is 2.53 bits per heavy atom. The second-order valence-electron chi connectivity index (χ2n) is 3.85. The summed E-state index contributed by atoms with van der Waals surface area (Å²) in [6.07, 6.45) is 0. The highest BCUT2D eigenvalue weighted by Crippen LogP contribution is 2.22. The van der Waals surface area contributed by atoms with Crippen molar-refractivity contribution in [3.05, 3.63) is 57.8 Å². The Hall–Kier alpha value is -1.78. The van der Waals surface area contributed by atoms with Crippen LogP contribution in [0.3, 0.4) is 0 Å². The third kappa shape index (κ3) is 3.36. The van der Waals surface area contributed by atoms with Gasteiger partial charge in [-0.05, 0) is 36.4 Å². The van der Waals surface area contributed by atoms with E-state index in [1.54, 1.807) is 0 Å². The molecule has 0 aliphatic heterocycles. The summed E-state index contributed by atoms with van der Waals surface area (Å²) in [4.78, 5) is 11.9. The Morgan fingerprint density at radius 2 is 1.89 bits per heavy atom. The lowest BCUT2D eigenvalue weighted by atomic mass is 10.2. The van der Waals surface area contributed by atoms with Gasteiger partial charge in [-0.2, -0.15) is 0 Å². The van der Waals surface area contributed by atoms with Crippen LogP contribution in [-0.4, -0.2) is 5.91 Å². The topological polar surface area (TPSA) is 55.1 Å². The van der Waals surface area contributed by atoms with Crippen molar-refractivity contribution in [2.75, 3.05) is 11.1 Å². The summed E-state index contributed by atoms with van der Waals surface area (Å²) in [7, 11) is 0. The van der Waals surface area contributed by atoms with Gasteiger partial charge in [0.2, 0.25) is 0 Å². The zero-order chi connectivity index (χ0) is 14.0. The van der Waals surface area contributed by atoms with Crippen LogP contribution in [-0.2, 0) is 0 Å². The van der Waals surface area contributed by atoms with Crippen LogP contribution in [0.2, 0.25) is 10.0 Å². The van der Waals surface area contributed by atoms with Crippen molar-refractivity contribution in [3.8, 4) is 0 Å². The Balaban J connectivity index is 2.22. The van der Waals surface area contributed by atoms with E-state index in [1.807, 2.05) is 0 Å². The normalized spacial score (nSPS) is 10.3. The number of carbonyl (C=O) groups is 1. The van der Waals surface area contributed by atoms with E-state index < -0.39 is 11.7 Å². The molecule has 2 aromatic carbocycles. The number of halogens is 3. The first-order valence-electron chi connectivity index (χ1n) is 5.28. The zero-order valence-corrected chi connectivity index (χ0v) is 11.1. The Labute approximate surface area is 119 Å². The van der Waals surface area contributed by atoms with Crippen molar-refractivity contribution < 1.29 is 9.18 Å². The summed E-state index contributed by atoms with van der Waals surface area (Å²) in [6, 6.07) is 8.25. The summed E-state index contributed by atoms with van der Waals surface area (Å²) in [5.41, 5.74) is 6.49. The lowest BCUT2D eigenvalue weighted by molar-refractivity contribution is 0.102. The lowest BCUT2D eigenvalue weighted by Gasteiger charge is -2.07. The summed E-state index contributed by atoms with van der Waals surface area (Å²) in [6.45, 7) is 0. The Bertz CT molecular complexity index is 626. The average molecular weight is 299 g/mol. The molecule has 0 aliphatic carbocycles. The highest BCUT2D eigenvalue weighted by molar-refractivity contribution is 6.33. The van der Waals surface area contributed by atoms with Crippen LogP contribution < -0.4 is 11.1 Å². The van der Waals surface area contributed by atoms with Crippen LogP contribution in [0.1, 0.15) is 10.4 Å². The Morgan fingerprint density at radius 1 is 1.16 bits per heavy atom. The Kier molecular flexibility index (Phi) is 3.93. The predicted octanol–water partition coefficient (Wildman–Crippen LogP) is 3.97. The van der Waals surface area contributed by atoms with Gasteiger partial charge in [0, 0.05) is 16.3 Å². The molecule has 0 heterocycles. The van der Waals surface area contributed by atoms with Crippen LogP contribution in [0.15, 0.2) is 36.4 Å². The molecule has 0 saturated carbocycles. The molecule has 3 nitrogen and oxygen atoms in total. The van der Waals surface area contributed by atoms with E-state index in [0.717, 1.165) is 6.07 Å². The quantitative estimate of drug-likeness (QED) is 0.824. The average Bonchev–Trinajstić information content (AvgIpc) is 2.31. The maximum atomic E-state index is 13.1. The molecule has 2 aromatic rings. The minimum Gasteiger partial charge on any atom is -0.398 e. The standard InChI is InChI=1S/C13H9Cl2FN2O/c14-8-4-9(16)6-10(5-8)18-13(19)7-1-2-11(15)12(17)3-7/h1-6H,17H2,(H,18,19). The van der Waals surface area contributed by atoms with E-state index in [-0.39, 0.29) is 10.7 Å². The molecular formula is C13H9Cl2FN2O. The summed E-state index contributed by atoms with van der Waals surface area (Å²) >= 11 is 11.5. The van der Waals surface area contributed by atoms with Crippen LogP contribution in [0, 0.1) is 5.82 Å². The highest BCUT2D eigenvalue weighted by atomic mass is 35.5. The molecule has 2 rings (SSSR count). The second kappa shape index (κ2) is 5.47. The van der Waals surface area contributed by atoms with Crippen molar-refractivity contribution in [3.63, 3.8) is 0 Å². The van der Waals surface area contributed by atoms with E-state index >= 15 is 0 Å². The third-order valence-corrected chi connectivity index (χ3v) is 2.94. The monoisotopic (exact) mass is 298 g/mol. The number of nitrogens with one attached hydrogen (secondary N) is 1. The first-order chi connectivity index (χ1) is 8.95. The SMILES string of the molecule is Nc1cc(C(=O)Nc2cc(F)cc(Cl)c2)ccc1Cl. The van der Waals surface area contributed by atoms with Crippen molar-refractivity contribution in [2.45, 2.75) is 0 Å². The minimum atomic E-state index is -0.529. The van der Waals surface area contributed by atoms with Gasteiger partial charge >= 0.3 is 0 Å². The fourth-order valence-electron chi connectivity index (χ4n) is 1.51. The molecule has 6 heteroatoms. The second-order valence-corrected chi connectivity index (χ2v) is 4.69. The van der Waals surface area contributed by atoms with Gasteiger partial charge < -0.3 is 11.1 Å². The molecule has 0 radical (unpaired) electrons. The minimum absolute atomic E-state index is 0.200. The number of nitrogens with two attached hydrogens (primary N) is 1. The van der Waals surface area contributed by atoms with Gasteiger partial charge in [0.1, 0.15) is 5.82 Å². The molecule has 98 valence electrons. The van der Waals surface area contributed by atoms with Gasteiger partial charge in [0.25, 0.3) is 5.91 Å². The fraction of sp³-hybridized carbons (Fsp3) is 0. The van der Waals surface area contributed by atoms with Gasteiger partial charge in [-0.3, -0.25) is 4.79 Å². The first kappa shape index (κ1) is 13.6. The molecule has 0 saturated heterocycles. The van der Waals surface area contributed by atoms with Crippen LogP contribution >= 0.6 is 23.2 Å². The number of hydrogen-bond acceptors (Lipinski definition) is 2. The number of rotatable bonds is 2. The van der Waals surface area contributed by atoms with Gasteiger partial charge in [-0.15, -0.1) is 0 Å². The van der Waals surface area contributed by atoms with Crippen molar-refractivity contribution >= 4 is 40.5 Å². The number of carbonyl (C=O) groups excluding carboxylic acids is 1. The third-order valence-electron chi connectivity index (χ3n) is 2.38. The lowest BCUT2D eigenvalue weighted by Crippen LogP contribution is -2.12. The molecule has 3 N–H and O–H groups in total. The zero-order valence-electron chi connectivity index (χ0n) is 9.58. The van der Waals surface area contributed by atoms with E-state index in [1.165, 1.54) is 30.3 Å². The summed E-state index contributed by atoms with van der Waals surface area (Å²) in [5.74, 6) is -0.955. The van der Waals surface area contributed by atoms with Crippen molar-refractivity contribution in [1.29, 1.82) is 0 Å². The molecule has 0 unspecified atom stereocenters. The first-order valence-corrected chi connectivity index (χ1v) is 6.04. The molecule has 0 aliphatic rings. The maximum absolute atomic E-state index is 13.1. The molecule has 1 amide bonds. The molecule has 0 fully saturated rings. The van der Waals surface area contributed by atoms with Gasteiger partial charge in [-0.1, -0.05) is 23.2 Å². The van der Waals surface area contributed by atoms with Gasteiger partial charge in [-0.25, -0.2) is 4.39 Å². The van der Waals surface area contributed by atoms with Gasteiger partial charge in [0.15, 0.2) is 0 Å². The van der Waals surface area contributed by atoms with Crippen LogP contribution in [0.4, 0.5) is 15.8 Å².